The molecule has 5 heteroatoms. The first-order chi connectivity index (χ1) is 11.3. The van der Waals surface area contributed by atoms with Crippen LogP contribution in [0.25, 0.3) is 0 Å². The highest BCUT2D eigenvalue weighted by Crippen LogP contribution is 2.31. The number of aromatic nitrogens is 2. The van der Waals surface area contributed by atoms with Gasteiger partial charge in [0.25, 0.3) is 0 Å². The van der Waals surface area contributed by atoms with E-state index in [9.17, 15) is 4.79 Å². The Kier molecular flexibility index (Phi) is 5.08. The molecule has 1 aliphatic rings. The van der Waals surface area contributed by atoms with Crippen molar-refractivity contribution in [3.05, 3.63) is 54.1 Å². The van der Waals surface area contributed by atoms with Gasteiger partial charge in [-0.05, 0) is 36.4 Å². The van der Waals surface area contributed by atoms with Crippen LogP contribution in [0.2, 0.25) is 0 Å². The van der Waals surface area contributed by atoms with Gasteiger partial charge in [-0.25, -0.2) is 4.98 Å². The Balaban J connectivity index is 1.63. The zero-order valence-electron chi connectivity index (χ0n) is 13.3. The van der Waals surface area contributed by atoms with E-state index in [0.717, 1.165) is 31.4 Å². The molecule has 1 aromatic heterocycles. The number of hydrogen-bond donors (Lipinski definition) is 2. The van der Waals surface area contributed by atoms with Crippen LogP contribution in [0.15, 0.2) is 43.0 Å². The first-order valence-electron chi connectivity index (χ1n) is 8.28. The predicted octanol–water partition coefficient (Wildman–Crippen LogP) is 1.92. The molecule has 2 aromatic rings. The normalized spacial score (nSPS) is 20.6. The van der Waals surface area contributed by atoms with E-state index in [1.54, 1.807) is 12.5 Å². The minimum Gasteiger partial charge on any atom is -0.352 e. The monoisotopic (exact) mass is 312 g/mol. The maximum atomic E-state index is 12.4. The van der Waals surface area contributed by atoms with Crippen LogP contribution in [-0.2, 0) is 17.9 Å². The summed E-state index contributed by atoms with van der Waals surface area (Å²) in [5, 5.41) is 3.11. The van der Waals surface area contributed by atoms with E-state index in [1.807, 2.05) is 22.9 Å². The summed E-state index contributed by atoms with van der Waals surface area (Å²) < 4.78 is 2.03. The van der Waals surface area contributed by atoms with Crippen LogP contribution in [0.3, 0.4) is 0 Å². The number of rotatable bonds is 6. The molecule has 1 aromatic carbocycles. The predicted molar refractivity (Wildman–Crippen MR) is 89.5 cm³/mol. The smallest absolute Gasteiger partial charge is 0.223 e. The van der Waals surface area contributed by atoms with Crippen LogP contribution < -0.4 is 11.1 Å². The van der Waals surface area contributed by atoms with E-state index >= 15 is 0 Å². The lowest BCUT2D eigenvalue weighted by molar-refractivity contribution is -0.126. The van der Waals surface area contributed by atoms with E-state index in [0.29, 0.717) is 19.0 Å². The number of imidazole rings is 1. The van der Waals surface area contributed by atoms with Gasteiger partial charge in [0, 0.05) is 31.4 Å². The first-order valence-corrected chi connectivity index (χ1v) is 8.28. The molecule has 3 rings (SSSR count). The van der Waals surface area contributed by atoms with Gasteiger partial charge in [0.15, 0.2) is 0 Å². The number of amides is 1. The molecule has 0 radical (unpaired) electrons. The maximum absolute atomic E-state index is 12.4. The number of nitrogens with one attached hydrogen (secondary N) is 1. The molecule has 0 bridgehead atoms. The topological polar surface area (TPSA) is 72.9 Å². The Labute approximate surface area is 136 Å². The lowest BCUT2D eigenvalue weighted by atomic mass is 9.95. The highest BCUT2D eigenvalue weighted by atomic mass is 16.1. The van der Waals surface area contributed by atoms with Crippen molar-refractivity contribution >= 4 is 5.91 Å². The minimum absolute atomic E-state index is 0.0841. The fourth-order valence-corrected chi connectivity index (χ4v) is 3.44. The van der Waals surface area contributed by atoms with E-state index in [1.165, 1.54) is 5.56 Å². The summed E-state index contributed by atoms with van der Waals surface area (Å²) in [5.74, 6) is 0.576. The fraction of sp³-hybridized carbons (Fsp3) is 0.444. The number of hydrogen-bond acceptors (Lipinski definition) is 3. The molecule has 23 heavy (non-hydrogen) atoms. The summed E-state index contributed by atoms with van der Waals surface area (Å²) >= 11 is 0. The second kappa shape index (κ2) is 7.42. The zero-order valence-corrected chi connectivity index (χ0v) is 13.3. The SMILES string of the molecule is NC[C@H]1CCC[C@H]1C(=O)NCc1ccccc1Cn1ccnc1. The third-order valence-electron chi connectivity index (χ3n) is 4.78. The Morgan fingerprint density at radius 2 is 2.13 bits per heavy atom. The van der Waals surface area contributed by atoms with Crippen molar-refractivity contribution in [3.8, 4) is 0 Å². The van der Waals surface area contributed by atoms with Gasteiger partial charge in [-0.2, -0.15) is 0 Å². The van der Waals surface area contributed by atoms with E-state index in [4.69, 9.17) is 5.73 Å². The molecule has 0 unspecified atom stereocenters. The first kappa shape index (κ1) is 15.7. The third kappa shape index (κ3) is 3.79. The third-order valence-corrected chi connectivity index (χ3v) is 4.78. The number of carbonyl (C=O) groups is 1. The molecule has 0 saturated heterocycles. The summed E-state index contributed by atoms with van der Waals surface area (Å²) in [6, 6.07) is 8.21. The van der Waals surface area contributed by atoms with Crippen molar-refractivity contribution in [1.29, 1.82) is 0 Å². The summed E-state index contributed by atoms with van der Waals surface area (Å²) in [7, 11) is 0. The summed E-state index contributed by atoms with van der Waals surface area (Å²) in [4.78, 5) is 16.5. The number of nitrogens with zero attached hydrogens (tertiary/aromatic N) is 2. The van der Waals surface area contributed by atoms with Gasteiger partial charge >= 0.3 is 0 Å². The van der Waals surface area contributed by atoms with Crippen molar-refractivity contribution in [2.45, 2.75) is 32.4 Å². The van der Waals surface area contributed by atoms with E-state index < -0.39 is 0 Å². The number of carbonyl (C=O) groups excluding carboxylic acids is 1. The lowest BCUT2D eigenvalue weighted by Crippen LogP contribution is -2.34. The van der Waals surface area contributed by atoms with Crippen LogP contribution in [0.4, 0.5) is 0 Å². The van der Waals surface area contributed by atoms with Gasteiger partial charge in [0.05, 0.1) is 6.33 Å². The Hall–Kier alpha value is -2.14. The Bertz CT molecular complexity index is 638. The van der Waals surface area contributed by atoms with Gasteiger partial charge in [-0.1, -0.05) is 30.7 Å². The Morgan fingerprint density at radius 3 is 2.87 bits per heavy atom. The molecule has 0 spiro atoms. The van der Waals surface area contributed by atoms with Crippen molar-refractivity contribution in [3.63, 3.8) is 0 Å². The second-order valence-corrected chi connectivity index (χ2v) is 6.25. The van der Waals surface area contributed by atoms with Gasteiger partial charge in [0.2, 0.25) is 5.91 Å². The summed E-state index contributed by atoms with van der Waals surface area (Å²) in [6.07, 6.45) is 8.67. The molecule has 2 atom stereocenters. The number of nitrogens with two attached hydrogens (primary N) is 1. The van der Waals surface area contributed by atoms with Crippen LogP contribution in [0, 0.1) is 11.8 Å². The highest BCUT2D eigenvalue weighted by molar-refractivity contribution is 5.79. The molecule has 1 fully saturated rings. The molecule has 122 valence electrons. The molecular weight excluding hydrogens is 288 g/mol. The van der Waals surface area contributed by atoms with Crippen molar-refractivity contribution < 1.29 is 4.79 Å². The lowest BCUT2D eigenvalue weighted by Gasteiger charge is -2.18. The van der Waals surface area contributed by atoms with Crippen molar-refractivity contribution in [1.82, 2.24) is 14.9 Å². The van der Waals surface area contributed by atoms with Gasteiger partial charge in [0.1, 0.15) is 0 Å². The summed E-state index contributed by atoms with van der Waals surface area (Å²) in [5.41, 5.74) is 8.13. The van der Waals surface area contributed by atoms with Crippen LogP contribution in [0.1, 0.15) is 30.4 Å². The maximum Gasteiger partial charge on any atom is 0.223 e. The average Bonchev–Trinajstić information content (AvgIpc) is 3.25. The van der Waals surface area contributed by atoms with Gasteiger partial charge < -0.3 is 15.6 Å². The van der Waals surface area contributed by atoms with E-state index in [2.05, 4.69) is 22.4 Å². The zero-order chi connectivity index (χ0) is 16.1. The average molecular weight is 312 g/mol. The highest BCUT2D eigenvalue weighted by Gasteiger charge is 2.31. The van der Waals surface area contributed by atoms with E-state index in [-0.39, 0.29) is 11.8 Å². The van der Waals surface area contributed by atoms with Gasteiger partial charge in [-0.3, -0.25) is 4.79 Å². The van der Waals surface area contributed by atoms with Crippen LogP contribution in [-0.4, -0.2) is 22.0 Å². The molecule has 1 heterocycles. The van der Waals surface area contributed by atoms with Crippen molar-refractivity contribution in [2.24, 2.45) is 17.6 Å². The van der Waals surface area contributed by atoms with Crippen molar-refractivity contribution in [2.75, 3.05) is 6.54 Å². The molecule has 5 nitrogen and oxygen atoms in total. The summed E-state index contributed by atoms with van der Waals surface area (Å²) in [6.45, 7) is 1.94. The molecule has 3 N–H and O–H groups in total. The largest absolute Gasteiger partial charge is 0.352 e. The number of benzene rings is 1. The molecule has 0 aliphatic heterocycles. The second-order valence-electron chi connectivity index (χ2n) is 6.25. The molecule has 1 aliphatic carbocycles. The molecule has 1 saturated carbocycles. The molecular formula is C18H24N4O. The van der Waals surface area contributed by atoms with Gasteiger partial charge in [-0.15, -0.1) is 0 Å². The standard InChI is InChI=1S/C18H24N4O/c19-10-14-6-3-7-17(14)18(23)21-11-15-4-1-2-5-16(15)12-22-9-8-20-13-22/h1-2,4-5,8-9,13-14,17H,3,6-7,10-12,19H2,(H,21,23)/t14-,17-/m1/s1. The molecule has 1 amide bonds. The van der Waals surface area contributed by atoms with Crippen LogP contribution >= 0.6 is 0 Å². The Morgan fingerprint density at radius 1 is 1.30 bits per heavy atom. The fourth-order valence-electron chi connectivity index (χ4n) is 3.44. The van der Waals surface area contributed by atoms with Crippen LogP contribution in [0.5, 0.6) is 0 Å². The minimum atomic E-state index is 0.0841. The quantitative estimate of drug-likeness (QED) is 0.856.